The van der Waals surface area contributed by atoms with Crippen LogP contribution in [-0.4, -0.2) is 22.5 Å². The lowest BCUT2D eigenvalue weighted by atomic mass is 10.1. The zero-order chi connectivity index (χ0) is 23.2. The summed E-state index contributed by atoms with van der Waals surface area (Å²) in [4.78, 5) is 22.5. The Morgan fingerprint density at radius 2 is 1.82 bits per heavy atom. The zero-order valence-electron chi connectivity index (χ0n) is 18.8. The van der Waals surface area contributed by atoms with Gasteiger partial charge < -0.3 is 9.47 Å². The number of nitrogens with zero attached hydrogens (tertiary/aromatic N) is 2. The van der Waals surface area contributed by atoms with Gasteiger partial charge in [0.15, 0.2) is 5.13 Å². The lowest BCUT2D eigenvalue weighted by molar-refractivity contribution is 0.103. The Hall–Kier alpha value is -3.23. The van der Waals surface area contributed by atoms with Crippen LogP contribution in [0.2, 0.25) is 0 Å². The van der Waals surface area contributed by atoms with Crippen molar-refractivity contribution < 1.29 is 14.3 Å². The molecule has 0 bridgehead atoms. The van der Waals surface area contributed by atoms with Gasteiger partial charge in [0.1, 0.15) is 28.0 Å². The summed E-state index contributed by atoms with van der Waals surface area (Å²) in [6.45, 7) is 6.79. The molecule has 0 aliphatic carbocycles. The SMILES string of the molecule is CCOc1ccccc1-c1csc(NC(=O)c2sc(COc3ccc(CC)cc3)nc2C)n1. The van der Waals surface area contributed by atoms with E-state index >= 15 is 0 Å². The molecule has 33 heavy (non-hydrogen) atoms. The van der Waals surface area contributed by atoms with Gasteiger partial charge in [-0.15, -0.1) is 22.7 Å². The quantitative estimate of drug-likeness (QED) is 0.302. The minimum atomic E-state index is -0.220. The number of carbonyl (C=O) groups is 1. The number of para-hydroxylation sites is 1. The third-order valence-corrected chi connectivity index (χ3v) is 6.82. The Kier molecular flexibility index (Phi) is 7.36. The third kappa shape index (κ3) is 5.58. The van der Waals surface area contributed by atoms with E-state index in [9.17, 15) is 4.79 Å². The molecule has 0 radical (unpaired) electrons. The summed E-state index contributed by atoms with van der Waals surface area (Å²) in [5, 5.41) is 6.09. The highest BCUT2D eigenvalue weighted by atomic mass is 32.1. The highest BCUT2D eigenvalue weighted by Crippen LogP contribution is 2.32. The van der Waals surface area contributed by atoms with Crippen molar-refractivity contribution in [1.29, 1.82) is 0 Å². The molecule has 2 aromatic carbocycles. The Morgan fingerprint density at radius 1 is 1.03 bits per heavy atom. The van der Waals surface area contributed by atoms with Crippen molar-refractivity contribution in [2.75, 3.05) is 11.9 Å². The van der Waals surface area contributed by atoms with E-state index in [1.807, 2.05) is 55.6 Å². The molecule has 0 saturated carbocycles. The molecule has 0 aliphatic rings. The van der Waals surface area contributed by atoms with Crippen LogP contribution in [0.3, 0.4) is 0 Å². The number of ether oxygens (including phenoxy) is 2. The Morgan fingerprint density at radius 3 is 2.58 bits per heavy atom. The maximum Gasteiger partial charge on any atom is 0.269 e. The van der Waals surface area contributed by atoms with Crippen molar-refractivity contribution in [3.05, 3.63) is 75.1 Å². The van der Waals surface area contributed by atoms with E-state index in [-0.39, 0.29) is 5.91 Å². The highest BCUT2D eigenvalue weighted by molar-refractivity contribution is 7.15. The number of nitrogens with one attached hydrogen (secondary N) is 1. The molecule has 0 atom stereocenters. The minimum absolute atomic E-state index is 0.220. The van der Waals surface area contributed by atoms with Crippen LogP contribution >= 0.6 is 22.7 Å². The van der Waals surface area contributed by atoms with Crippen LogP contribution in [0.1, 0.15) is 39.8 Å². The molecule has 2 heterocycles. The van der Waals surface area contributed by atoms with Gasteiger partial charge >= 0.3 is 0 Å². The topological polar surface area (TPSA) is 73.3 Å². The van der Waals surface area contributed by atoms with Crippen LogP contribution < -0.4 is 14.8 Å². The maximum atomic E-state index is 12.9. The molecule has 1 N–H and O–H groups in total. The first kappa shape index (κ1) is 22.9. The lowest BCUT2D eigenvalue weighted by Gasteiger charge is -2.07. The third-order valence-electron chi connectivity index (χ3n) is 4.93. The number of rotatable bonds is 9. The monoisotopic (exact) mass is 479 g/mol. The molecule has 6 nitrogen and oxygen atoms in total. The molecule has 0 spiro atoms. The van der Waals surface area contributed by atoms with Gasteiger partial charge in [0.05, 0.1) is 18.0 Å². The van der Waals surface area contributed by atoms with Crippen LogP contribution in [0.15, 0.2) is 53.9 Å². The number of aryl methyl sites for hydroxylation is 2. The van der Waals surface area contributed by atoms with Crippen molar-refractivity contribution >= 4 is 33.7 Å². The highest BCUT2D eigenvalue weighted by Gasteiger charge is 2.18. The van der Waals surface area contributed by atoms with Gasteiger partial charge in [-0.1, -0.05) is 31.2 Å². The number of anilines is 1. The normalized spacial score (nSPS) is 10.8. The first-order valence-corrected chi connectivity index (χ1v) is 12.4. The van der Waals surface area contributed by atoms with Crippen LogP contribution in [0, 0.1) is 6.92 Å². The molecular formula is C25H25N3O3S2. The summed E-state index contributed by atoms with van der Waals surface area (Å²) in [7, 11) is 0. The van der Waals surface area contributed by atoms with E-state index in [1.54, 1.807) is 0 Å². The molecule has 0 aliphatic heterocycles. The fourth-order valence-corrected chi connectivity index (χ4v) is 4.84. The summed E-state index contributed by atoms with van der Waals surface area (Å²) < 4.78 is 11.5. The second kappa shape index (κ2) is 10.6. The second-order valence-corrected chi connectivity index (χ2v) is 9.17. The molecule has 170 valence electrons. The fourth-order valence-electron chi connectivity index (χ4n) is 3.26. The molecule has 0 unspecified atom stereocenters. The van der Waals surface area contributed by atoms with E-state index in [4.69, 9.17) is 9.47 Å². The predicted molar refractivity (Wildman–Crippen MR) is 134 cm³/mol. The average Bonchev–Trinajstić information content (AvgIpc) is 3.45. The van der Waals surface area contributed by atoms with Gasteiger partial charge in [0.25, 0.3) is 5.91 Å². The van der Waals surface area contributed by atoms with E-state index in [1.165, 1.54) is 28.2 Å². The number of aromatic nitrogens is 2. The second-order valence-electron chi connectivity index (χ2n) is 7.23. The zero-order valence-corrected chi connectivity index (χ0v) is 20.4. The first-order valence-electron chi connectivity index (χ1n) is 10.7. The number of hydrogen-bond donors (Lipinski definition) is 1. The molecule has 2 aromatic heterocycles. The average molecular weight is 480 g/mol. The van der Waals surface area contributed by atoms with Gasteiger partial charge in [-0.05, 0) is 50.1 Å². The van der Waals surface area contributed by atoms with Gasteiger partial charge in [-0.25, -0.2) is 9.97 Å². The Bertz CT molecular complexity index is 1230. The first-order chi connectivity index (χ1) is 16.1. The van der Waals surface area contributed by atoms with Crippen molar-refractivity contribution in [2.24, 2.45) is 0 Å². The Balaban J connectivity index is 1.41. The molecule has 0 fully saturated rings. The van der Waals surface area contributed by atoms with Gasteiger partial charge in [-0.2, -0.15) is 0 Å². The summed E-state index contributed by atoms with van der Waals surface area (Å²) >= 11 is 2.71. The van der Waals surface area contributed by atoms with Crippen molar-refractivity contribution in [3.63, 3.8) is 0 Å². The molecular weight excluding hydrogens is 454 g/mol. The van der Waals surface area contributed by atoms with Gasteiger partial charge in [0.2, 0.25) is 0 Å². The number of amides is 1. The van der Waals surface area contributed by atoms with Gasteiger partial charge in [-0.3, -0.25) is 10.1 Å². The van der Waals surface area contributed by atoms with Crippen molar-refractivity contribution in [3.8, 4) is 22.8 Å². The number of hydrogen-bond acceptors (Lipinski definition) is 7. The molecule has 4 rings (SSSR count). The van der Waals surface area contributed by atoms with Crippen molar-refractivity contribution in [2.45, 2.75) is 33.8 Å². The van der Waals surface area contributed by atoms with Gasteiger partial charge in [0, 0.05) is 10.9 Å². The largest absolute Gasteiger partial charge is 0.493 e. The van der Waals surface area contributed by atoms with E-state index in [0.29, 0.717) is 28.9 Å². The van der Waals surface area contributed by atoms with E-state index < -0.39 is 0 Å². The summed E-state index contributed by atoms with van der Waals surface area (Å²) in [5.41, 5.74) is 3.61. The van der Waals surface area contributed by atoms with E-state index in [2.05, 4.69) is 34.3 Å². The van der Waals surface area contributed by atoms with Crippen molar-refractivity contribution in [1.82, 2.24) is 9.97 Å². The fraction of sp³-hybridized carbons (Fsp3) is 0.240. The molecule has 0 saturated heterocycles. The number of carbonyl (C=O) groups excluding carboxylic acids is 1. The van der Waals surface area contributed by atoms with E-state index in [0.717, 1.165) is 34.2 Å². The summed E-state index contributed by atoms with van der Waals surface area (Å²) in [6.07, 6.45) is 0.990. The minimum Gasteiger partial charge on any atom is -0.493 e. The standard InChI is InChI=1S/C25H25N3O3S2/c1-4-17-10-12-18(13-11-17)31-14-22-26-16(3)23(33-22)24(29)28-25-27-20(15-32-25)19-8-6-7-9-21(19)30-5-2/h6-13,15H,4-5,14H2,1-3H3,(H,27,28,29). The molecule has 1 amide bonds. The number of thiazole rings is 2. The van der Waals surface area contributed by atoms with Crippen LogP contribution in [0.4, 0.5) is 5.13 Å². The smallest absolute Gasteiger partial charge is 0.269 e. The number of benzene rings is 2. The summed E-state index contributed by atoms with van der Waals surface area (Å²) in [5.74, 6) is 1.34. The molecule has 4 aromatic rings. The lowest BCUT2D eigenvalue weighted by Crippen LogP contribution is -2.11. The summed E-state index contributed by atoms with van der Waals surface area (Å²) in [6, 6.07) is 15.8. The maximum absolute atomic E-state index is 12.9. The predicted octanol–water partition coefficient (Wildman–Crippen LogP) is 6.37. The van der Waals surface area contributed by atoms with Crippen LogP contribution in [-0.2, 0) is 13.0 Å². The van der Waals surface area contributed by atoms with Crippen LogP contribution in [0.5, 0.6) is 11.5 Å². The Labute approximate surface area is 201 Å². The van der Waals surface area contributed by atoms with Crippen LogP contribution in [0.25, 0.3) is 11.3 Å². The molecule has 8 heteroatoms.